The normalized spacial score (nSPS) is 21.6. The van der Waals surface area contributed by atoms with Crippen LogP contribution >= 0.6 is 0 Å². The molecule has 1 N–H and O–H groups in total. The van der Waals surface area contributed by atoms with E-state index in [0.29, 0.717) is 26.1 Å². The molecule has 32 heavy (non-hydrogen) atoms. The van der Waals surface area contributed by atoms with Crippen molar-refractivity contribution < 1.29 is 23.9 Å². The molecule has 0 aliphatic carbocycles. The molecule has 0 saturated carbocycles. The first-order valence-corrected chi connectivity index (χ1v) is 10.9. The largest absolute Gasteiger partial charge is 0.497 e. The van der Waals surface area contributed by atoms with Gasteiger partial charge >= 0.3 is 6.03 Å². The quantitative estimate of drug-likeness (QED) is 0.636. The highest BCUT2D eigenvalue weighted by molar-refractivity contribution is 5.91. The Morgan fingerprint density at radius 2 is 1.91 bits per heavy atom. The maximum Gasteiger partial charge on any atom is 0.334 e. The fourth-order valence-electron chi connectivity index (χ4n) is 4.26. The Balaban J connectivity index is 1.79. The lowest BCUT2D eigenvalue weighted by molar-refractivity contribution is -0.187. The van der Waals surface area contributed by atoms with Gasteiger partial charge in [0.1, 0.15) is 18.0 Å². The van der Waals surface area contributed by atoms with Gasteiger partial charge in [0.05, 0.1) is 26.8 Å². The lowest BCUT2D eigenvalue weighted by atomic mass is 10.0. The van der Waals surface area contributed by atoms with Gasteiger partial charge in [-0.1, -0.05) is 25.5 Å². The Labute approximate surface area is 189 Å². The summed E-state index contributed by atoms with van der Waals surface area (Å²) in [5.74, 6) is 0.515. The van der Waals surface area contributed by atoms with Crippen LogP contribution < -0.4 is 10.1 Å². The minimum atomic E-state index is -0.575. The van der Waals surface area contributed by atoms with Crippen LogP contribution in [0.4, 0.5) is 4.79 Å². The topological polar surface area (TPSA) is 94.7 Å². The molecule has 1 aromatic carbocycles. The molecule has 0 aromatic heterocycles. The van der Waals surface area contributed by atoms with Gasteiger partial charge in [-0.05, 0) is 24.1 Å². The second-order valence-electron chi connectivity index (χ2n) is 8.03. The summed E-state index contributed by atoms with van der Waals surface area (Å²) in [6.07, 6.45) is 0.739. The number of hydrogen-bond acceptors (Lipinski definition) is 6. The number of methoxy groups -OCH3 is 2. The third-order valence-corrected chi connectivity index (χ3v) is 5.88. The number of nitrogens with one attached hydrogen (secondary N) is 1. The number of fused-ring (bicyclic) bond motifs is 1. The van der Waals surface area contributed by atoms with E-state index in [2.05, 4.69) is 5.32 Å². The van der Waals surface area contributed by atoms with Gasteiger partial charge in [-0.15, -0.1) is 0 Å². The van der Waals surface area contributed by atoms with E-state index in [1.807, 2.05) is 31.2 Å². The van der Waals surface area contributed by atoms with E-state index in [0.717, 1.165) is 17.7 Å². The van der Waals surface area contributed by atoms with Crippen LogP contribution in [-0.2, 0) is 20.9 Å². The number of piperazine rings is 1. The molecule has 2 heterocycles. The summed E-state index contributed by atoms with van der Waals surface area (Å²) < 4.78 is 10.3. The molecule has 3 rings (SSSR count). The summed E-state index contributed by atoms with van der Waals surface area (Å²) in [4.78, 5) is 42.5. The van der Waals surface area contributed by atoms with E-state index >= 15 is 0 Å². The van der Waals surface area contributed by atoms with E-state index in [4.69, 9.17) is 9.47 Å². The predicted molar refractivity (Wildman–Crippen MR) is 117 cm³/mol. The number of amides is 4. The third kappa shape index (κ3) is 4.97. The highest BCUT2D eigenvalue weighted by atomic mass is 16.5. The number of carbonyl (C=O) groups excluding carboxylic acids is 3. The van der Waals surface area contributed by atoms with Crippen molar-refractivity contribution in [2.24, 2.45) is 0 Å². The molecule has 2 aliphatic rings. The summed E-state index contributed by atoms with van der Waals surface area (Å²) in [6.45, 7) is 3.41. The number of rotatable bonds is 8. The molecule has 176 valence electrons. The van der Waals surface area contributed by atoms with Crippen LogP contribution in [0.15, 0.2) is 24.3 Å². The number of likely N-dealkylation sites (N-methyl/N-ethyl adjacent to an activating group) is 1. The second kappa shape index (κ2) is 10.6. The molecular weight excluding hydrogens is 414 g/mol. The molecule has 10 nitrogen and oxygen atoms in total. The average Bonchev–Trinajstić information content (AvgIpc) is 2.78. The van der Waals surface area contributed by atoms with E-state index in [1.165, 1.54) is 0 Å². The highest BCUT2D eigenvalue weighted by Crippen LogP contribution is 2.27. The van der Waals surface area contributed by atoms with E-state index in [1.54, 1.807) is 41.1 Å². The van der Waals surface area contributed by atoms with Crippen LogP contribution in [0.5, 0.6) is 5.75 Å². The summed E-state index contributed by atoms with van der Waals surface area (Å²) in [5, 5.41) is 6.12. The Kier molecular flexibility index (Phi) is 7.92. The van der Waals surface area contributed by atoms with Crippen LogP contribution in [0.3, 0.4) is 0 Å². The summed E-state index contributed by atoms with van der Waals surface area (Å²) in [7, 11) is 4.90. The van der Waals surface area contributed by atoms with Crippen LogP contribution in [0.25, 0.3) is 0 Å². The number of hydrazine groups is 1. The van der Waals surface area contributed by atoms with Crippen molar-refractivity contribution in [1.29, 1.82) is 0 Å². The van der Waals surface area contributed by atoms with E-state index < -0.39 is 12.2 Å². The van der Waals surface area contributed by atoms with Crippen molar-refractivity contribution in [2.75, 3.05) is 47.5 Å². The second-order valence-corrected chi connectivity index (χ2v) is 8.03. The van der Waals surface area contributed by atoms with Gasteiger partial charge < -0.3 is 24.6 Å². The van der Waals surface area contributed by atoms with Gasteiger partial charge in [-0.25, -0.2) is 14.8 Å². The average molecular weight is 448 g/mol. The fraction of sp³-hybridized carbons (Fsp3) is 0.591. The van der Waals surface area contributed by atoms with Crippen LogP contribution in [0.2, 0.25) is 0 Å². The predicted octanol–water partition coefficient (Wildman–Crippen LogP) is 0.879. The first-order chi connectivity index (χ1) is 15.4. The number of carbonyl (C=O) groups is 3. The van der Waals surface area contributed by atoms with Gasteiger partial charge in [0.25, 0.3) is 0 Å². The molecule has 4 amide bonds. The molecule has 10 heteroatoms. The minimum Gasteiger partial charge on any atom is -0.497 e. The maximum atomic E-state index is 13.2. The molecule has 2 aliphatic heterocycles. The first-order valence-electron chi connectivity index (χ1n) is 10.9. The standard InChI is InChI=1S/C22H33N5O5/c1-5-6-18-21(29)25(11-12-31-3)14-19-26(18)20(28)15-24(2)27(19)22(30)23-13-16-7-9-17(32-4)10-8-16/h7-10,18-19H,5-6,11-15H2,1-4H3,(H,23,30)/t18-,19?/m0/s1. The van der Waals surface area contributed by atoms with Crippen LogP contribution in [0.1, 0.15) is 25.3 Å². The number of nitrogens with zero attached hydrogens (tertiary/aromatic N) is 4. The lowest BCUT2D eigenvalue weighted by Gasteiger charge is -2.54. The SMILES string of the molecule is CCC[C@H]1C(=O)N(CCOC)CC2N1C(=O)CN(C)N2C(=O)NCc1ccc(OC)cc1. The molecule has 2 fully saturated rings. The molecule has 2 saturated heterocycles. The zero-order chi connectivity index (χ0) is 23.3. The van der Waals surface area contributed by atoms with Gasteiger partial charge in [-0.3, -0.25) is 9.59 Å². The van der Waals surface area contributed by atoms with Gasteiger partial charge in [0, 0.05) is 27.2 Å². The van der Waals surface area contributed by atoms with Crippen LogP contribution in [-0.4, -0.2) is 97.4 Å². The minimum absolute atomic E-state index is 0.0397. The van der Waals surface area contributed by atoms with Crippen molar-refractivity contribution in [3.63, 3.8) is 0 Å². The van der Waals surface area contributed by atoms with Crippen molar-refractivity contribution in [3.05, 3.63) is 29.8 Å². The maximum absolute atomic E-state index is 13.2. The summed E-state index contributed by atoms with van der Waals surface area (Å²) in [6, 6.07) is 6.56. The number of urea groups is 1. The first kappa shape index (κ1) is 23.8. The van der Waals surface area contributed by atoms with E-state index in [9.17, 15) is 14.4 Å². The number of hydrogen-bond donors (Lipinski definition) is 1. The Bertz CT molecular complexity index is 817. The monoisotopic (exact) mass is 447 g/mol. The van der Waals surface area contributed by atoms with Gasteiger partial charge in [0.2, 0.25) is 11.8 Å². The van der Waals surface area contributed by atoms with Crippen molar-refractivity contribution >= 4 is 17.8 Å². The molecule has 1 aromatic rings. The molecule has 0 bridgehead atoms. The lowest BCUT2D eigenvalue weighted by Crippen LogP contribution is -2.76. The smallest absolute Gasteiger partial charge is 0.334 e. The summed E-state index contributed by atoms with van der Waals surface area (Å²) in [5.41, 5.74) is 0.927. The zero-order valence-electron chi connectivity index (χ0n) is 19.2. The fourth-order valence-corrected chi connectivity index (χ4v) is 4.26. The van der Waals surface area contributed by atoms with Crippen molar-refractivity contribution in [3.8, 4) is 5.75 Å². The Morgan fingerprint density at radius 1 is 1.19 bits per heavy atom. The number of ether oxygens (including phenoxy) is 2. The Hall–Kier alpha value is -2.85. The summed E-state index contributed by atoms with van der Waals surface area (Å²) >= 11 is 0. The van der Waals surface area contributed by atoms with Gasteiger partial charge in [0.15, 0.2) is 0 Å². The van der Waals surface area contributed by atoms with Crippen molar-refractivity contribution in [1.82, 2.24) is 25.1 Å². The van der Waals surface area contributed by atoms with E-state index in [-0.39, 0.29) is 30.9 Å². The third-order valence-electron chi connectivity index (χ3n) is 5.88. The van der Waals surface area contributed by atoms with Crippen LogP contribution in [0, 0.1) is 0 Å². The molecule has 2 atom stereocenters. The molecule has 1 unspecified atom stereocenters. The molecular formula is C22H33N5O5. The molecule has 0 radical (unpaired) electrons. The molecule has 0 spiro atoms. The highest BCUT2D eigenvalue weighted by Gasteiger charge is 2.50. The Morgan fingerprint density at radius 3 is 2.53 bits per heavy atom. The number of benzene rings is 1. The van der Waals surface area contributed by atoms with Gasteiger partial charge in [-0.2, -0.15) is 0 Å². The zero-order valence-corrected chi connectivity index (χ0v) is 19.2. The van der Waals surface area contributed by atoms with Crippen molar-refractivity contribution in [2.45, 2.75) is 38.5 Å².